The molecule has 2 rings (SSSR count). The standard InChI is InChI=1S/C10H14.C8H18O.C8H8.C6H12O.2C4H10/c1-3-9(2)10-7-5-4-6-8-10;1-5-8(4)6-9-7(2)3;1-2-8-6-4-3-5-7-8;1-4-5-7-6(2)3;2*1-4(2)3/h4-9H,3H2,1-2H3;7-8H,5-6H2,1-4H3;2-7H,1H2;4,6H,1,5H2,2-3H3;2*4H,1-3H3. The molecule has 244 valence electrons. The summed E-state index contributed by atoms with van der Waals surface area (Å²) >= 11 is 0. The van der Waals surface area contributed by atoms with Crippen molar-refractivity contribution in [1.82, 2.24) is 0 Å². The van der Waals surface area contributed by atoms with Gasteiger partial charge in [-0.3, -0.25) is 0 Å². The van der Waals surface area contributed by atoms with Crippen LogP contribution in [0.5, 0.6) is 0 Å². The SMILES string of the molecule is C=CCOC(C)C.C=Cc1ccccc1.CC(C)C.CC(C)C.CCC(C)COC(C)C.CCC(C)c1ccccc1. The van der Waals surface area contributed by atoms with Gasteiger partial charge in [0.05, 0.1) is 18.8 Å². The van der Waals surface area contributed by atoms with Crippen LogP contribution in [-0.2, 0) is 9.47 Å². The van der Waals surface area contributed by atoms with Crippen molar-refractivity contribution in [3.05, 3.63) is 91.0 Å². The minimum Gasteiger partial charge on any atom is -0.379 e. The summed E-state index contributed by atoms with van der Waals surface area (Å²) in [7, 11) is 0. The highest BCUT2D eigenvalue weighted by molar-refractivity contribution is 5.45. The van der Waals surface area contributed by atoms with E-state index in [-0.39, 0.29) is 0 Å². The topological polar surface area (TPSA) is 18.5 Å². The maximum Gasteiger partial charge on any atom is 0.0648 e. The van der Waals surface area contributed by atoms with E-state index in [0.29, 0.717) is 30.7 Å². The van der Waals surface area contributed by atoms with E-state index in [0.717, 1.165) is 18.4 Å². The Kier molecular flexibility index (Phi) is 39.0. The van der Waals surface area contributed by atoms with E-state index in [9.17, 15) is 0 Å². The third-order valence-electron chi connectivity index (χ3n) is 4.97. The molecular weight excluding hydrogens is 512 g/mol. The molecule has 0 heterocycles. The fraction of sp³-hybridized carbons (Fsp3) is 0.600. The Balaban J connectivity index is -0.000000213. The summed E-state index contributed by atoms with van der Waals surface area (Å²) in [5, 5.41) is 0. The largest absolute Gasteiger partial charge is 0.379 e. The van der Waals surface area contributed by atoms with Crippen LogP contribution in [0, 0.1) is 17.8 Å². The molecule has 0 bridgehead atoms. The van der Waals surface area contributed by atoms with Gasteiger partial charge < -0.3 is 9.47 Å². The molecule has 2 unspecified atom stereocenters. The molecule has 2 atom stereocenters. The molecule has 0 aromatic heterocycles. The second-order valence-corrected chi connectivity index (χ2v) is 12.4. The summed E-state index contributed by atoms with van der Waals surface area (Å²) in [5.41, 5.74) is 2.62. The molecule has 0 N–H and O–H groups in total. The lowest BCUT2D eigenvalue weighted by atomic mass is 9.99. The first-order valence-electron chi connectivity index (χ1n) is 16.2. The smallest absolute Gasteiger partial charge is 0.0648 e. The van der Waals surface area contributed by atoms with Crippen LogP contribution in [0.15, 0.2) is 79.9 Å². The summed E-state index contributed by atoms with van der Waals surface area (Å²) in [6.45, 7) is 38.7. The van der Waals surface area contributed by atoms with E-state index < -0.39 is 0 Å². The lowest BCUT2D eigenvalue weighted by Gasteiger charge is -2.11. The van der Waals surface area contributed by atoms with Gasteiger partial charge in [-0.1, -0.05) is 155 Å². The van der Waals surface area contributed by atoms with Crippen molar-refractivity contribution in [3.8, 4) is 0 Å². The number of ether oxygens (including phenoxy) is 2. The van der Waals surface area contributed by atoms with Gasteiger partial charge in [-0.05, 0) is 68.9 Å². The third kappa shape index (κ3) is 47.6. The van der Waals surface area contributed by atoms with Crippen molar-refractivity contribution in [1.29, 1.82) is 0 Å². The average Bonchev–Trinajstić information content (AvgIpc) is 2.95. The minimum absolute atomic E-state index is 0.331. The van der Waals surface area contributed by atoms with Gasteiger partial charge in [-0.25, -0.2) is 0 Å². The van der Waals surface area contributed by atoms with Gasteiger partial charge in [-0.15, -0.1) is 6.58 Å². The summed E-state index contributed by atoms with van der Waals surface area (Å²) in [6.07, 6.45) is 6.74. The molecule has 0 amide bonds. The Labute approximate surface area is 265 Å². The zero-order chi connectivity index (χ0) is 33.3. The predicted octanol–water partition coefficient (Wildman–Crippen LogP) is 12.9. The van der Waals surface area contributed by atoms with Crippen molar-refractivity contribution < 1.29 is 9.47 Å². The summed E-state index contributed by atoms with van der Waals surface area (Å²) in [6, 6.07) is 20.7. The lowest BCUT2D eigenvalue weighted by molar-refractivity contribution is 0.0545. The normalized spacial score (nSPS) is 11.1. The molecule has 42 heavy (non-hydrogen) atoms. The fourth-order valence-electron chi connectivity index (χ4n) is 2.34. The van der Waals surface area contributed by atoms with Gasteiger partial charge >= 0.3 is 0 Å². The molecule has 0 radical (unpaired) electrons. The second kappa shape index (κ2) is 35.0. The van der Waals surface area contributed by atoms with Crippen LogP contribution in [-0.4, -0.2) is 25.4 Å². The fourth-order valence-corrected chi connectivity index (χ4v) is 2.34. The van der Waals surface area contributed by atoms with Gasteiger partial charge in [0, 0.05) is 6.61 Å². The van der Waals surface area contributed by atoms with Crippen molar-refractivity contribution in [2.75, 3.05) is 13.2 Å². The van der Waals surface area contributed by atoms with Gasteiger partial charge in [0.2, 0.25) is 0 Å². The second-order valence-electron chi connectivity index (χ2n) is 12.4. The first-order chi connectivity index (χ1) is 19.7. The highest BCUT2D eigenvalue weighted by Gasteiger charge is 1.99. The molecule has 0 saturated heterocycles. The van der Waals surface area contributed by atoms with E-state index in [1.54, 1.807) is 6.08 Å². The van der Waals surface area contributed by atoms with Crippen LogP contribution in [0.25, 0.3) is 6.08 Å². The highest BCUT2D eigenvalue weighted by Crippen LogP contribution is 2.16. The van der Waals surface area contributed by atoms with Gasteiger partial charge in [0.1, 0.15) is 0 Å². The Bertz CT molecular complexity index is 751. The van der Waals surface area contributed by atoms with Crippen LogP contribution < -0.4 is 0 Å². The molecule has 0 aliphatic carbocycles. The van der Waals surface area contributed by atoms with E-state index in [1.807, 2.05) is 50.3 Å². The minimum atomic E-state index is 0.331. The Morgan fingerprint density at radius 1 is 0.595 bits per heavy atom. The van der Waals surface area contributed by atoms with Crippen molar-refractivity contribution in [2.24, 2.45) is 17.8 Å². The average molecular weight is 585 g/mol. The first-order valence-corrected chi connectivity index (χ1v) is 16.2. The predicted molar refractivity (Wildman–Crippen MR) is 195 cm³/mol. The third-order valence-corrected chi connectivity index (χ3v) is 4.97. The molecule has 2 aromatic rings. The van der Waals surface area contributed by atoms with Crippen LogP contribution in [0.4, 0.5) is 0 Å². The lowest BCUT2D eigenvalue weighted by Crippen LogP contribution is -2.09. The highest BCUT2D eigenvalue weighted by atomic mass is 16.5. The molecule has 2 aromatic carbocycles. The molecule has 2 heteroatoms. The zero-order valence-electron chi connectivity index (χ0n) is 30.5. The zero-order valence-corrected chi connectivity index (χ0v) is 30.5. The van der Waals surface area contributed by atoms with E-state index in [2.05, 4.69) is 127 Å². The Hall–Kier alpha value is -2.16. The molecule has 0 aliphatic heterocycles. The maximum atomic E-state index is 5.39. The van der Waals surface area contributed by atoms with Gasteiger partial charge in [0.25, 0.3) is 0 Å². The van der Waals surface area contributed by atoms with Crippen LogP contribution in [0.2, 0.25) is 0 Å². The quantitative estimate of drug-likeness (QED) is 0.259. The van der Waals surface area contributed by atoms with E-state index in [4.69, 9.17) is 9.47 Å². The molecule has 0 aliphatic rings. The summed E-state index contributed by atoms with van der Waals surface area (Å²) in [5.74, 6) is 3.09. The number of rotatable bonds is 10. The van der Waals surface area contributed by atoms with Crippen LogP contribution in [0.3, 0.4) is 0 Å². The first kappa shape index (κ1) is 46.8. The number of hydrogen-bond donors (Lipinski definition) is 0. The van der Waals surface area contributed by atoms with Crippen molar-refractivity contribution >= 4 is 6.08 Å². The van der Waals surface area contributed by atoms with E-state index >= 15 is 0 Å². The Morgan fingerprint density at radius 2 is 1.00 bits per heavy atom. The molecular formula is C40H72O2. The molecule has 0 saturated carbocycles. The van der Waals surface area contributed by atoms with Crippen LogP contribution in [0.1, 0.15) is 127 Å². The van der Waals surface area contributed by atoms with Crippen molar-refractivity contribution in [3.63, 3.8) is 0 Å². The van der Waals surface area contributed by atoms with E-state index in [1.165, 1.54) is 24.0 Å². The van der Waals surface area contributed by atoms with Crippen molar-refractivity contribution in [2.45, 2.75) is 128 Å². The summed E-state index contributed by atoms with van der Waals surface area (Å²) in [4.78, 5) is 0. The molecule has 0 fully saturated rings. The maximum absolute atomic E-state index is 5.39. The molecule has 2 nitrogen and oxygen atoms in total. The number of benzene rings is 2. The number of hydrogen-bond acceptors (Lipinski definition) is 2. The van der Waals surface area contributed by atoms with Gasteiger partial charge in [-0.2, -0.15) is 0 Å². The Morgan fingerprint density at radius 3 is 1.26 bits per heavy atom. The molecule has 0 spiro atoms. The van der Waals surface area contributed by atoms with Gasteiger partial charge in [0.15, 0.2) is 0 Å². The van der Waals surface area contributed by atoms with Crippen LogP contribution >= 0.6 is 0 Å². The summed E-state index contributed by atoms with van der Waals surface area (Å²) < 4.78 is 10.5. The monoisotopic (exact) mass is 585 g/mol.